The molecule has 0 fully saturated rings. The van der Waals surface area contributed by atoms with Crippen molar-refractivity contribution in [3.05, 3.63) is 72.3 Å². The third-order valence-electron chi connectivity index (χ3n) is 4.51. The van der Waals surface area contributed by atoms with Crippen LogP contribution in [0.1, 0.15) is 10.4 Å². The Balaban J connectivity index is 1.38. The molecule has 0 atom stereocenters. The van der Waals surface area contributed by atoms with Crippen molar-refractivity contribution in [2.75, 3.05) is 31.1 Å². The quantitative estimate of drug-likeness (QED) is 0.605. The van der Waals surface area contributed by atoms with E-state index in [1.165, 1.54) is 0 Å². The van der Waals surface area contributed by atoms with Gasteiger partial charge in [0.05, 0.1) is 18.4 Å². The molecule has 0 unspecified atom stereocenters. The van der Waals surface area contributed by atoms with Crippen LogP contribution in [-0.4, -0.2) is 32.3 Å². The van der Waals surface area contributed by atoms with Crippen molar-refractivity contribution in [1.82, 2.24) is 0 Å². The minimum absolute atomic E-state index is 0.161. The van der Waals surface area contributed by atoms with Crippen LogP contribution in [0.25, 0.3) is 0 Å². The highest BCUT2D eigenvalue weighted by Gasteiger charge is 2.16. The van der Waals surface area contributed by atoms with Gasteiger partial charge >= 0.3 is 0 Å². The number of nitrogens with one attached hydrogen (secondary N) is 2. The number of carbonyl (C=O) groups excluding carboxylic acids is 2. The number of rotatable bonds is 7. The topological polar surface area (TPSA) is 95.1 Å². The molecule has 0 radical (unpaired) electrons. The average molecular weight is 420 g/mol. The molecular formula is C23H20N2O6. The number of hydrogen-bond acceptors (Lipinski definition) is 6. The second-order valence-corrected chi connectivity index (χ2v) is 6.58. The molecule has 2 N–H and O–H groups in total. The molecule has 0 aromatic heterocycles. The molecule has 3 aromatic carbocycles. The number of fused-ring (bicyclic) bond motifs is 1. The fraction of sp³-hybridized carbons (Fsp3) is 0.130. The van der Waals surface area contributed by atoms with Crippen LogP contribution in [0.4, 0.5) is 11.4 Å². The molecule has 0 saturated carbocycles. The number of ether oxygens (including phenoxy) is 4. The minimum atomic E-state index is -0.401. The van der Waals surface area contributed by atoms with Gasteiger partial charge in [-0.2, -0.15) is 0 Å². The van der Waals surface area contributed by atoms with Crippen LogP contribution in [0.5, 0.6) is 23.0 Å². The molecule has 8 nitrogen and oxygen atoms in total. The van der Waals surface area contributed by atoms with E-state index in [2.05, 4.69) is 10.6 Å². The predicted molar refractivity (Wildman–Crippen MR) is 114 cm³/mol. The second kappa shape index (κ2) is 9.08. The maximum atomic E-state index is 12.7. The lowest BCUT2D eigenvalue weighted by Gasteiger charge is -2.12. The Morgan fingerprint density at radius 3 is 2.45 bits per heavy atom. The highest BCUT2D eigenvalue weighted by molar-refractivity contribution is 6.10. The molecule has 158 valence electrons. The molecule has 8 heteroatoms. The first-order valence-corrected chi connectivity index (χ1v) is 9.49. The Morgan fingerprint density at radius 1 is 0.903 bits per heavy atom. The van der Waals surface area contributed by atoms with Crippen LogP contribution >= 0.6 is 0 Å². The summed E-state index contributed by atoms with van der Waals surface area (Å²) in [5, 5.41) is 5.52. The fourth-order valence-electron chi connectivity index (χ4n) is 2.96. The van der Waals surface area contributed by atoms with E-state index in [1.54, 1.807) is 73.8 Å². The number of hydrogen-bond donors (Lipinski definition) is 2. The third kappa shape index (κ3) is 4.87. The monoisotopic (exact) mass is 420 g/mol. The van der Waals surface area contributed by atoms with Gasteiger partial charge in [-0.25, -0.2) is 0 Å². The van der Waals surface area contributed by atoms with Crippen molar-refractivity contribution in [3.8, 4) is 23.0 Å². The second-order valence-electron chi connectivity index (χ2n) is 6.58. The number of amides is 2. The predicted octanol–water partition coefficient (Wildman–Crippen LogP) is 3.69. The molecule has 2 amide bonds. The Morgan fingerprint density at radius 2 is 1.65 bits per heavy atom. The lowest BCUT2D eigenvalue weighted by Crippen LogP contribution is -2.22. The van der Waals surface area contributed by atoms with Gasteiger partial charge < -0.3 is 29.6 Å². The SMILES string of the molecule is COc1ccc(NC(=O)c2ccccc2NC(=O)COc2ccc3c(c2)OCO3)cc1. The van der Waals surface area contributed by atoms with Crippen molar-refractivity contribution < 1.29 is 28.5 Å². The van der Waals surface area contributed by atoms with Crippen LogP contribution < -0.4 is 29.6 Å². The summed E-state index contributed by atoms with van der Waals surface area (Å²) < 4.78 is 21.2. The maximum absolute atomic E-state index is 12.7. The Hall–Kier alpha value is -4.20. The lowest BCUT2D eigenvalue weighted by atomic mass is 10.1. The normalized spacial score (nSPS) is 11.5. The molecule has 0 aliphatic carbocycles. The summed E-state index contributed by atoms with van der Waals surface area (Å²) in [4.78, 5) is 25.1. The zero-order chi connectivity index (χ0) is 21.6. The van der Waals surface area contributed by atoms with Crippen molar-refractivity contribution in [1.29, 1.82) is 0 Å². The van der Waals surface area contributed by atoms with Crippen LogP contribution in [0.3, 0.4) is 0 Å². The standard InChI is InChI=1S/C23H20N2O6/c1-28-16-8-6-15(7-9-16)24-23(27)18-4-2-3-5-19(18)25-22(26)13-29-17-10-11-20-21(12-17)31-14-30-20/h2-12H,13-14H2,1H3,(H,24,27)(H,25,26). The summed E-state index contributed by atoms with van der Waals surface area (Å²) in [6.45, 7) is -0.0667. The van der Waals surface area contributed by atoms with E-state index in [0.717, 1.165) is 0 Å². The van der Waals surface area contributed by atoms with Gasteiger partial charge in [0.2, 0.25) is 6.79 Å². The fourth-order valence-corrected chi connectivity index (χ4v) is 2.96. The van der Waals surface area contributed by atoms with Crippen LogP contribution in [-0.2, 0) is 4.79 Å². The Bertz CT molecular complexity index is 1100. The summed E-state index contributed by atoms with van der Waals surface area (Å²) in [7, 11) is 1.57. The van der Waals surface area contributed by atoms with Crippen molar-refractivity contribution >= 4 is 23.2 Å². The largest absolute Gasteiger partial charge is 0.497 e. The molecule has 31 heavy (non-hydrogen) atoms. The highest BCUT2D eigenvalue weighted by atomic mass is 16.7. The lowest BCUT2D eigenvalue weighted by molar-refractivity contribution is -0.118. The molecule has 3 aromatic rings. The number of para-hydroxylation sites is 1. The van der Waals surface area contributed by atoms with Gasteiger partial charge in [-0.15, -0.1) is 0 Å². The smallest absolute Gasteiger partial charge is 0.262 e. The van der Waals surface area contributed by atoms with Gasteiger partial charge in [-0.1, -0.05) is 12.1 Å². The zero-order valence-electron chi connectivity index (χ0n) is 16.7. The molecular weight excluding hydrogens is 400 g/mol. The van der Waals surface area contributed by atoms with Crippen molar-refractivity contribution in [2.24, 2.45) is 0 Å². The zero-order valence-corrected chi connectivity index (χ0v) is 16.7. The first-order valence-electron chi connectivity index (χ1n) is 9.49. The van der Waals surface area contributed by atoms with Gasteiger partial charge in [-0.3, -0.25) is 9.59 Å². The van der Waals surface area contributed by atoms with E-state index in [1.807, 2.05) is 0 Å². The number of benzene rings is 3. The van der Waals surface area contributed by atoms with Gasteiger partial charge in [0.15, 0.2) is 18.1 Å². The highest BCUT2D eigenvalue weighted by Crippen LogP contribution is 2.35. The number of carbonyl (C=O) groups is 2. The molecule has 0 bridgehead atoms. The summed E-state index contributed by atoms with van der Waals surface area (Å²) >= 11 is 0. The minimum Gasteiger partial charge on any atom is -0.497 e. The Kier molecular flexibility index (Phi) is 5.89. The van der Waals surface area contributed by atoms with Crippen LogP contribution in [0.15, 0.2) is 66.7 Å². The maximum Gasteiger partial charge on any atom is 0.262 e. The number of methoxy groups -OCH3 is 1. The molecule has 1 aliphatic rings. The summed E-state index contributed by atoms with van der Waals surface area (Å²) in [6, 6.07) is 18.8. The van der Waals surface area contributed by atoms with E-state index in [9.17, 15) is 9.59 Å². The first kappa shape index (κ1) is 20.1. The van der Waals surface area contributed by atoms with Gasteiger partial charge in [0, 0.05) is 11.8 Å². The van der Waals surface area contributed by atoms with Gasteiger partial charge in [0.25, 0.3) is 11.8 Å². The van der Waals surface area contributed by atoms with E-state index in [0.29, 0.717) is 39.9 Å². The first-order chi connectivity index (χ1) is 15.1. The molecule has 0 spiro atoms. The van der Waals surface area contributed by atoms with Gasteiger partial charge in [0.1, 0.15) is 11.5 Å². The Labute approximate surface area is 178 Å². The van der Waals surface area contributed by atoms with E-state index < -0.39 is 5.91 Å². The third-order valence-corrected chi connectivity index (χ3v) is 4.51. The molecule has 0 saturated heterocycles. The van der Waals surface area contributed by atoms with Crippen LogP contribution in [0, 0.1) is 0 Å². The van der Waals surface area contributed by atoms with E-state index in [4.69, 9.17) is 18.9 Å². The molecule has 4 rings (SSSR count). The van der Waals surface area contributed by atoms with Gasteiger partial charge in [-0.05, 0) is 48.5 Å². The van der Waals surface area contributed by atoms with Crippen molar-refractivity contribution in [3.63, 3.8) is 0 Å². The van der Waals surface area contributed by atoms with Crippen molar-refractivity contribution in [2.45, 2.75) is 0 Å². The van der Waals surface area contributed by atoms with Crippen LogP contribution in [0.2, 0.25) is 0 Å². The average Bonchev–Trinajstić information content (AvgIpc) is 3.26. The van der Waals surface area contributed by atoms with E-state index in [-0.39, 0.29) is 19.3 Å². The summed E-state index contributed by atoms with van der Waals surface area (Å²) in [6.07, 6.45) is 0. The summed E-state index contributed by atoms with van der Waals surface area (Å²) in [5.74, 6) is 1.62. The molecule has 1 aliphatic heterocycles. The van der Waals surface area contributed by atoms with E-state index >= 15 is 0 Å². The number of anilines is 2. The molecule has 1 heterocycles. The summed E-state index contributed by atoms with van der Waals surface area (Å²) in [5.41, 5.74) is 1.32.